The van der Waals surface area contributed by atoms with Crippen LogP contribution in [0.2, 0.25) is 0 Å². The molecule has 0 aliphatic carbocycles. The first kappa shape index (κ1) is 17.2. The second-order valence-corrected chi connectivity index (χ2v) is 7.74. The van der Waals surface area contributed by atoms with Crippen molar-refractivity contribution >= 4 is 5.91 Å². The lowest BCUT2D eigenvalue weighted by Crippen LogP contribution is -2.64. The van der Waals surface area contributed by atoms with Gasteiger partial charge in [0.05, 0.1) is 6.20 Å². The SMILES string of the molecule is CN1CCN(C)C2(CCN(C(=O)c3cccc(-c4cn[nH]c4)c3)CC2)C1. The molecule has 2 fully saturated rings. The zero-order valence-corrected chi connectivity index (χ0v) is 15.6. The number of carbonyl (C=O) groups excluding carboxylic acids is 1. The number of likely N-dealkylation sites (tertiary alicyclic amines) is 1. The summed E-state index contributed by atoms with van der Waals surface area (Å²) < 4.78 is 0. The Labute approximate surface area is 154 Å². The van der Waals surface area contributed by atoms with Gasteiger partial charge < -0.3 is 9.80 Å². The molecule has 138 valence electrons. The summed E-state index contributed by atoms with van der Waals surface area (Å²) in [4.78, 5) is 20.0. The van der Waals surface area contributed by atoms with Crippen LogP contribution in [0.25, 0.3) is 11.1 Å². The number of piperidine rings is 1. The molecule has 1 amide bonds. The lowest BCUT2D eigenvalue weighted by Gasteiger charge is -2.52. The van der Waals surface area contributed by atoms with Crippen molar-refractivity contribution in [3.05, 3.63) is 42.2 Å². The molecule has 2 aromatic rings. The molecule has 0 bridgehead atoms. The second kappa shape index (κ2) is 6.85. The molecule has 1 spiro atoms. The molecule has 1 aromatic heterocycles. The van der Waals surface area contributed by atoms with E-state index in [1.807, 2.05) is 35.4 Å². The van der Waals surface area contributed by atoms with Gasteiger partial charge in [0.15, 0.2) is 0 Å². The summed E-state index contributed by atoms with van der Waals surface area (Å²) in [5, 5.41) is 6.82. The molecule has 1 N–H and O–H groups in total. The Kier molecular flexibility index (Phi) is 4.54. The van der Waals surface area contributed by atoms with Crippen molar-refractivity contribution in [2.45, 2.75) is 18.4 Å². The number of amides is 1. The molecular formula is C20H27N5O. The van der Waals surface area contributed by atoms with Crippen LogP contribution in [0.15, 0.2) is 36.7 Å². The van der Waals surface area contributed by atoms with Crippen LogP contribution in [0.4, 0.5) is 0 Å². The molecule has 3 heterocycles. The maximum absolute atomic E-state index is 13.0. The minimum atomic E-state index is 0.136. The van der Waals surface area contributed by atoms with Gasteiger partial charge in [-0.2, -0.15) is 5.10 Å². The standard InChI is InChI=1S/C20H27N5O/c1-23-10-11-24(2)20(15-23)6-8-25(9-7-20)19(26)17-5-3-4-16(12-17)18-13-21-22-14-18/h3-5,12-14H,6-11,15H2,1-2H3,(H,21,22). The van der Waals surface area contributed by atoms with Crippen LogP contribution < -0.4 is 0 Å². The van der Waals surface area contributed by atoms with Gasteiger partial charge in [0.1, 0.15) is 0 Å². The monoisotopic (exact) mass is 353 g/mol. The highest BCUT2D eigenvalue weighted by Gasteiger charge is 2.42. The maximum atomic E-state index is 13.0. The Morgan fingerprint density at radius 1 is 1.12 bits per heavy atom. The Morgan fingerprint density at radius 3 is 2.65 bits per heavy atom. The third kappa shape index (κ3) is 3.15. The number of H-pyrrole nitrogens is 1. The number of nitrogens with one attached hydrogen (secondary N) is 1. The summed E-state index contributed by atoms with van der Waals surface area (Å²) >= 11 is 0. The van der Waals surface area contributed by atoms with Gasteiger partial charge in [-0.1, -0.05) is 12.1 Å². The number of hydrogen-bond acceptors (Lipinski definition) is 4. The van der Waals surface area contributed by atoms with Crippen LogP contribution in [0, 0.1) is 0 Å². The quantitative estimate of drug-likeness (QED) is 0.896. The van der Waals surface area contributed by atoms with E-state index in [0.29, 0.717) is 0 Å². The summed E-state index contributed by atoms with van der Waals surface area (Å²) in [7, 11) is 4.44. The lowest BCUT2D eigenvalue weighted by atomic mass is 9.83. The number of carbonyl (C=O) groups is 1. The van der Waals surface area contributed by atoms with Gasteiger partial charge >= 0.3 is 0 Å². The lowest BCUT2D eigenvalue weighted by molar-refractivity contribution is -0.0157. The molecule has 6 heteroatoms. The average Bonchev–Trinajstić information content (AvgIpc) is 3.20. The number of likely N-dealkylation sites (N-methyl/N-ethyl adjacent to an activating group) is 2. The summed E-state index contributed by atoms with van der Waals surface area (Å²) in [5.74, 6) is 0.136. The summed E-state index contributed by atoms with van der Waals surface area (Å²) in [6, 6.07) is 7.85. The first-order valence-electron chi connectivity index (χ1n) is 9.36. The van der Waals surface area contributed by atoms with Crippen molar-refractivity contribution in [2.24, 2.45) is 0 Å². The van der Waals surface area contributed by atoms with E-state index in [2.05, 4.69) is 34.1 Å². The second-order valence-electron chi connectivity index (χ2n) is 7.74. The van der Waals surface area contributed by atoms with Crippen LogP contribution in [-0.2, 0) is 0 Å². The minimum absolute atomic E-state index is 0.136. The van der Waals surface area contributed by atoms with Crippen molar-refractivity contribution < 1.29 is 4.79 Å². The molecule has 2 aliphatic heterocycles. The summed E-state index contributed by atoms with van der Waals surface area (Å²) in [5.41, 5.74) is 3.01. The zero-order valence-electron chi connectivity index (χ0n) is 15.6. The van der Waals surface area contributed by atoms with Crippen molar-refractivity contribution in [3.63, 3.8) is 0 Å². The highest BCUT2D eigenvalue weighted by Crippen LogP contribution is 2.32. The average molecular weight is 353 g/mol. The molecule has 0 atom stereocenters. The molecule has 2 saturated heterocycles. The fraction of sp³-hybridized carbons (Fsp3) is 0.500. The first-order chi connectivity index (χ1) is 12.6. The Hall–Kier alpha value is -2.18. The number of aromatic nitrogens is 2. The smallest absolute Gasteiger partial charge is 0.253 e. The molecule has 0 unspecified atom stereocenters. The van der Waals surface area contributed by atoms with E-state index in [0.717, 1.165) is 62.3 Å². The number of nitrogens with zero attached hydrogens (tertiary/aromatic N) is 4. The maximum Gasteiger partial charge on any atom is 0.253 e. The number of rotatable bonds is 2. The van der Waals surface area contributed by atoms with Crippen LogP contribution in [0.1, 0.15) is 23.2 Å². The number of hydrogen-bond donors (Lipinski definition) is 1. The molecule has 6 nitrogen and oxygen atoms in total. The Bertz CT molecular complexity index is 764. The van der Waals surface area contributed by atoms with E-state index in [4.69, 9.17) is 0 Å². The molecule has 2 aliphatic rings. The van der Waals surface area contributed by atoms with Crippen LogP contribution >= 0.6 is 0 Å². The normalized spacial score (nSPS) is 21.2. The molecule has 0 saturated carbocycles. The number of piperazine rings is 1. The van der Waals surface area contributed by atoms with E-state index in [1.165, 1.54) is 0 Å². The summed E-state index contributed by atoms with van der Waals surface area (Å²) in [6.07, 6.45) is 5.72. The largest absolute Gasteiger partial charge is 0.339 e. The first-order valence-corrected chi connectivity index (χ1v) is 9.36. The molecule has 26 heavy (non-hydrogen) atoms. The van der Waals surface area contributed by atoms with Gasteiger partial charge in [-0.15, -0.1) is 0 Å². The molecule has 1 aromatic carbocycles. The molecular weight excluding hydrogens is 326 g/mol. The number of aromatic amines is 1. The van der Waals surface area contributed by atoms with Crippen molar-refractivity contribution in [1.82, 2.24) is 24.9 Å². The third-order valence-electron chi connectivity index (χ3n) is 6.11. The highest BCUT2D eigenvalue weighted by atomic mass is 16.2. The van der Waals surface area contributed by atoms with E-state index >= 15 is 0 Å². The third-order valence-corrected chi connectivity index (χ3v) is 6.11. The van der Waals surface area contributed by atoms with Gasteiger partial charge in [0.2, 0.25) is 0 Å². The fourth-order valence-corrected chi connectivity index (χ4v) is 4.35. The van der Waals surface area contributed by atoms with Gasteiger partial charge in [0, 0.05) is 55.6 Å². The van der Waals surface area contributed by atoms with Crippen molar-refractivity contribution in [3.8, 4) is 11.1 Å². The van der Waals surface area contributed by atoms with Crippen LogP contribution in [-0.4, -0.2) is 83.2 Å². The van der Waals surface area contributed by atoms with Crippen LogP contribution in [0.3, 0.4) is 0 Å². The van der Waals surface area contributed by atoms with E-state index in [-0.39, 0.29) is 11.4 Å². The molecule has 0 radical (unpaired) electrons. The zero-order chi connectivity index (χ0) is 18.1. The van der Waals surface area contributed by atoms with Gasteiger partial charge in [-0.3, -0.25) is 14.8 Å². The van der Waals surface area contributed by atoms with Crippen LogP contribution in [0.5, 0.6) is 0 Å². The van der Waals surface area contributed by atoms with Crippen molar-refractivity contribution in [2.75, 3.05) is 46.8 Å². The fourth-order valence-electron chi connectivity index (χ4n) is 4.35. The molecule has 4 rings (SSSR count). The van der Waals surface area contributed by atoms with Gasteiger partial charge in [-0.25, -0.2) is 0 Å². The van der Waals surface area contributed by atoms with Crippen molar-refractivity contribution in [1.29, 1.82) is 0 Å². The minimum Gasteiger partial charge on any atom is -0.339 e. The Morgan fingerprint density at radius 2 is 1.92 bits per heavy atom. The number of benzene rings is 1. The topological polar surface area (TPSA) is 55.5 Å². The summed E-state index contributed by atoms with van der Waals surface area (Å²) in [6.45, 7) is 4.99. The highest BCUT2D eigenvalue weighted by molar-refractivity contribution is 5.95. The predicted octanol–water partition coefficient (Wildman–Crippen LogP) is 1.93. The van der Waals surface area contributed by atoms with Gasteiger partial charge in [0.25, 0.3) is 5.91 Å². The van der Waals surface area contributed by atoms with E-state index < -0.39 is 0 Å². The van der Waals surface area contributed by atoms with E-state index in [1.54, 1.807) is 6.20 Å². The predicted molar refractivity (Wildman–Crippen MR) is 102 cm³/mol. The van der Waals surface area contributed by atoms with E-state index in [9.17, 15) is 4.79 Å². The Balaban J connectivity index is 1.46. The van der Waals surface area contributed by atoms with Gasteiger partial charge in [-0.05, 0) is 44.6 Å².